The molecule has 2 rings (SSSR count). The SMILES string of the molecule is CC1(C)OC[C@@H](C(=O)NOCCN2CCCC2=O)O1. The Morgan fingerprint density at radius 3 is 2.95 bits per heavy atom. The Labute approximate surface area is 112 Å². The van der Waals surface area contributed by atoms with Gasteiger partial charge in [-0.05, 0) is 20.3 Å². The van der Waals surface area contributed by atoms with E-state index in [0.29, 0.717) is 13.0 Å². The van der Waals surface area contributed by atoms with Crippen molar-refractivity contribution < 1.29 is 23.9 Å². The number of ether oxygens (including phenoxy) is 2. The van der Waals surface area contributed by atoms with Gasteiger partial charge in [0.25, 0.3) is 5.91 Å². The number of carbonyl (C=O) groups is 2. The van der Waals surface area contributed by atoms with E-state index in [0.717, 1.165) is 13.0 Å². The fraction of sp³-hybridized carbons (Fsp3) is 0.833. The van der Waals surface area contributed by atoms with Crippen molar-refractivity contribution in [3.8, 4) is 0 Å². The van der Waals surface area contributed by atoms with Gasteiger partial charge in [0, 0.05) is 19.5 Å². The summed E-state index contributed by atoms with van der Waals surface area (Å²) in [5, 5.41) is 0. The fourth-order valence-corrected chi connectivity index (χ4v) is 2.10. The average molecular weight is 272 g/mol. The molecule has 0 aromatic heterocycles. The maximum absolute atomic E-state index is 11.7. The molecule has 2 aliphatic heterocycles. The van der Waals surface area contributed by atoms with Crippen LogP contribution in [0.1, 0.15) is 26.7 Å². The van der Waals surface area contributed by atoms with Crippen LogP contribution in [0.2, 0.25) is 0 Å². The average Bonchev–Trinajstić information content (AvgIpc) is 2.91. The lowest BCUT2D eigenvalue weighted by Crippen LogP contribution is -2.39. The van der Waals surface area contributed by atoms with Crippen molar-refractivity contribution in [3.63, 3.8) is 0 Å². The van der Waals surface area contributed by atoms with Crippen molar-refractivity contribution in [2.75, 3.05) is 26.3 Å². The van der Waals surface area contributed by atoms with E-state index < -0.39 is 11.9 Å². The largest absolute Gasteiger partial charge is 0.347 e. The number of hydrogen-bond acceptors (Lipinski definition) is 5. The minimum absolute atomic E-state index is 0.143. The van der Waals surface area contributed by atoms with E-state index in [2.05, 4.69) is 5.48 Å². The van der Waals surface area contributed by atoms with E-state index in [9.17, 15) is 9.59 Å². The molecule has 0 aromatic rings. The Kier molecular flexibility index (Phi) is 4.38. The van der Waals surface area contributed by atoms with Crippen molar-refractivity contribution in [1.29, 1.82) is 0 Å². The van der Waals surface area contributed by atoms with Crippen molar-refractivity contribution >= 4 is 11.8 Å². The Morgan fingerprint density at radius 2 is 2.37 bits per heavy atom. The number of rotatable bonds is 5. The highest BCUT2D eigenvalue weighted by Gasteiger charge is 2.37. The third kappa shape index (κ3) is 3.89. The summed E-state index contributed by atoms with van der Waals surface area (Å²) in [5.74, 6) is -0.952. The molecule has 0 spiro atoms. The van der Waals surface area contributed by atoms with E-state index in [4.69, 9.17) is 14.3 Å². The molecule has 0 unspecified atom stereocenters. The summed E-state index contributed by atoms with van der Waals surface area (Å²) in [7, 11) is 0. The molecule has 0 aliphatic carbocycles. The normalized spacial score (nSPS) is 25.9. The monoisotopic (exact) mass is 272 g/mol. The molecule has 2 fully saturated rings. The first-order chi connectivity index (χ1) is 8.98. The number of hydroxylamine groups is 1. The van der Waals surface area contributed by atoms with Crippen LogP contribution in [0, 0.1) is 0 Å². The minimum atomic E-state index is -0.732. The highest BCUT2D eigenvalue weighted by molar-refractivity contribution is 5.80. The molecule has 108 valence electrons. The van der Waals surface area contributed by atoms with Crippen molar-refractivity contribution in [2.24, 2.45) is 0 Å². The van der Waals surface area contributed by atoms with Crippen LogP contribution in [0.25, 0.3) is 0 Å². The second-order valence-electron chi connectivity index (χ2n) is 5.12. The van der Waals surface area contributed by atoms with Crippen LogP contribution in [0.5, 0.6) is 0 Å². The third-order valence-electron chi connectivity index (χ3n) is 3.11. The van der Waals surface area contributed by atoms with Gasteiger partial charge in [-0.3, -0.25) is 14.4 Å². The molecular formula is C12H20N2O5. The lowest BCUT2D eigenvalue weighted by molar-refractivity contribution is -0.161. The summed E-state index contributed by atoms with van der Waals surface area (Å²) in [6, 6.07) is 0. The molecule has 0 aromatic carbocycles. The van der Waals surface area contributed by atoms with Gasteiger partial charge in [0.05, 0.1) is 13.2 Å². The molecule has 2 heterocycles. The van der Waals surface area contributed by atoms with Crippen molar-refractivity contribution in [3.05, 3.63) is 0 Å². The van der Waals surface area contributed by atoms with Crippen LogP contribution >= 0.6 is 0 Å². The lowest BCUT2D eigenvalue weighted by Gasteiger charge is -2.17. The summed E-state index contributed by atoms with van der Waals surface area (Å²) in [5.41, 5.74) is 2.32. The number of likely N-dealkylation sites (tertiary alicyclic amines) is 1. The Balaban J connectivity index is 1.61. The Hall–Kier alpha value is -1.18. The zero-order valence-corrected chi connectivity index (χ0v) is 11.3. The topological polar surface area (TPSA) is 77.1 Å². The highest BCUT2D eigenvalue weighted by atomic mass is 16.7. The molecule has 1 atom stereocenters. The van der Waals surface area contributed by atoms with Gasteiger partial charge in [-0.2, -0.15) is 0 Å². The molecule has 7 heteroatoms. The summed E-state index contributed by atoms with van der Waals surface area (Å²) in [4.78, 5) is 29.8. The summed E-state index contributed by atoms with van der Waals surface area (Å²) < 4.78 is 10.7. The van der Waals surface area contributed by atoms with Gasteiger partial charge in [0.15, 0.2) is 11.9 Å². The van der Waals surface area contributed by atoms with E-state index in [1.54, 1.807) is 18.7 Å². The van der Waals surface area contributed by atoms with Crippen LogP contribution in [-0.4, -0.2) is 54.9 Å². The predicted molar refractivity (Wildman–Crippen MR) is 64.8 cm³/mol. The van der Waals surface area contributed by atoms with Crippen LogP contribution in [0.4, 0.5) is 0 Å². The van der Waals surface area contributed by atoms with Gasteiger partial charge in [0.2, 0.25) is 5.91 Å². The lowest BCUT2D eigenvalue weighted by atomic mass is 10.3. The van der Waals surface area contributed by atoms with Crippen LogP contribution in [0.15, 0.2) is 0 Å². The fourth-order valence-electron chi connectivity index (χ4n) is 2.10. The molecule has 0 radical (unpaired) electrons. The summed E-state index contributed by atoms with van der Waals surface area (Å²) in [6.45, 7) is 5.25. The van der Waals surface area contributed by atoms with Gasteiger partial charge in [-0.1, -0.05) is 0 Å². The number of nitrogens with zero attached hydrogens (tertiary/aromatic N) is 1. The zero-order chi connectivity index (χ0) is 13.9. The van der Waals surface area contributed by atoms with Crippen LogP contribution < -0.4 is 5.48 Å². The Bertz CT molecular complexity index is 358. The maximum atomic E-state index is 11.7. The second-order valence-corrected chi connectivity index (χ2v) is 5.12. The number of nitrogens with one attached hydrogen (secondary N) is 1. The predicted octanol–water partition coefficient (Wildman–Crippen LogP) is -0.192. The van der Waals surface area contributed by atoms with Gasteiger partial charge in [-0.15, -0.1) is 0 Å². The molecule has 0 saturated carbocycles. The number of amides is 2. The minimum Gasteiger partial charge on any atom is -0.347 e. The molecule has 1 N–H and O–H groups in total. The summed E-state index contributed by atoms with van der Waals surface area (Å²) in [6.07, 6.45) is 0.853. The second kappa shape index (κ2) is 5.85. The van der Waals surface area contributed by atoms with E-state index in [1.165, 1.54) is 0 Å². The van der Waals surface area contributed by atoms with Crippen molar-refractivity contribution in [2.45, 2.75) is 38.6 Å². The molecule has 19 heavy (non-hydrogen) atoms. The first-order valence-electron chi connectivity index (χ1n) is 6.49. The van der Waals surface area contributed by atoms with Crippen LogP contribution in [0.3, 0.4) is 0 Å². The van der Waals surface area contributed by atoms with Crippen molar-refractivity contribution in [1.82, 2.24) is 10.4 Å². The standard InChI is InChI=1S/C12H20N2O5/c1-12(2)17-8-9(19-12)11(16)13-18-7-6-14-5-3-4-10(14)15/h9H,3-8H2,1-2H3,(H,13,16)/t9-/m0/s1. The molecule has 0 bridgehead atoms. The maximum Gasteiger partial charge on any atom is 0.275 e. The van der Waals surface area contributed by atoms with E-state index in [-0.39, 0.29) is 25.0 Å². The highest BCUT2D eigenvalue weighted by Crippen LogP contribution is 2.22. The van der Waals surface area contributed by atoms with E-state index >= 15 is 0 Å². The van der Waals surface area contributed by atoms with Gasteiger partial charge in [0.1, 0.15) is 0 Å². The zero-order valence-electron chi connectivity index (χ0n) is 11.3. The number of carbonyl (C=O) groups excluding carboxylic acids is 2. The first-order valence-corrected chi connectivity index (χ1v) is 6.49. The molecule has 7 nitrogen and oxygen atoms in total. The van der Waals surface area contributed by atoms with Gasteiger partial charge in [-0.25, -0.2) is 5.48 Å². The molecule has 2 saturated heterocycles. The smallest absolute Gasteiger partial charge is 0.275 e. The Morgan fingerprint density at radius 1 is 1.58 bits per heavy atom. The third-order valence-corrected chi connectivity index (χ3v) is 3.11. The molecule has 2 amide bonds. The summed E-state index contributed by atoms with van der Waals surface area (Å²) >= 11 is 0. The molecule has 2 aliphatic rings. The van der Waals surface area contributed by atoms with E-state index in [1.807, 2.05) is 0 Å². The van der Waals surface area contributed by atoms with Gasteiger partial charge < -0.3 is 14.4 Å². The molecular weight excluding hydrogens is 252 g/mol. The number of hydrogen-bond donors (Lipinski definition) is 1. The van der Waals surface area contributed by atoms with Crippen LogP contribution in [-0.2, 0) is 23.9 Å². The quantitative estimate of drug-likeness (QED) is 0.554. The van der Waals surface area contributed by atoms with Gasteiger partial charge >= 0.3 is 0 Å². The first kappa shape index (κ1) is 14.2.